The summed E-state index contributed by atoms with van der Waals surface area (Å²) in [5.74, 6) is 1.21. The van der Waals surface area contributed by atoms with Crippen molar-refractivity contribution in [2.24, 2.45) is 0 Å². The average Bonchev–Trinajstić information content (AvgIpc) is 3.39. The number of likely N-dealkylation sites (N-methyl/N-ethyl adjacent to an activating group) is 1. The molecule has 1 aromatic carbocycles. The topological polar surface area (TPSA) is 85.9 Å². The lowest BCUT2D eigenvalue weighted by atomic mass is 10.2. The van der Waals surface area contributed by atoms with Crippen molar-refractivity contribution < 1.29 is 0 Å². The number of nitrogens with one attached hydrogen (secondary N) is 1. The minimum Gasteiger partial charge on any atom is -0.370 e. The van der Waals surface area contributed by atoms with Crippen LogP contribution in [0, 0.1) is 11.3 Å². The highest BCUT2D eigenvalue weighted by Crippen LogP contribution is 2.24. The fraction of sp³-hybridized carbons (Fsp3) is 0.300. The number of rotatable bonds is 5. The van der Waals surface area contributed by atoms with Crippen molar-refractivity contribution in [2.75, 3.05) is 37.4 Å². The van der Waals surface area contributed by atoms with Gasteiger partial charge in [-0.3, -0.25) is 0 Å². The summed E-state index contributed by atoms with van der Waals surface area (Å²) in [6.07, 6.45) is 7.80. The fourth-order valence-electron chi connectivity index (χ4n) is 3.34. The predicted molar refractivity (Wildman–Crippen MR) is 108 cm³/mol. The van der Waals surface area contributed by atoms with Gasteiger partial charge in [0.2, 0.25) is 0 Å². The van der Waals surface area contributed by atoms with Crippen LogP contribution in [0.5, 0.6) is 0 Å². The first-order valence-corrected chi connectivity index (χ1v) is 9.17. The molecule has 3 aromatic rings. The summed E-state index contributed by atoms with van der Waals surface area (Å²) in [5.41, 5.74) is 2.57. The predicted octanol–water partition coefficient (Wildman–Crippen LogP) is 2.42. The van der Waals surface area contributed by atoms with Crippen LogP contribution in [0.3, 0.4) is 0 Å². The molecule has 0 radical (unpaired) electrons. The highest BCUT2D eigenvalue weighted by atomic mass is 15.2. The van der Waals surface area contributed by atoms with Crippen molar-refractivity contribution in [1.82, 2.24) is 24.4 Å². The van der Waals surface area contributed by atoms with Crippen LogP contribution in [-0.4, -0.2) is 57.6 Å². The molecule has 1 aliphatic rings. The van der Waals surface area contributed by atoms with E-state index in [0.717, 1.165) is 18.8 Å². The van der Waals surface area contributed by atoms with E-state index in [1.165, 1.54) is 24.5 Å². The molecule has 8 heteroatoms. The SMILES string of the molecule is CN(C)[C@@H]1CCN(c2ccc(-n3cnc(Nc4cnc(C#N)cn4)c3)cc2)C1. The first-order chi connectivity index (χ1) is 13.6. The molecule has 1 aliphatic heterocycles. The zero-order valence-electron chi connectivity index (χ0n) is 15.9. The van der Waals surface area contributed by atoms with E-state index in [1.807, 2.05) is 16.8 Å². The van der Waals surface area contributed by atoms with Crippen LogP contribution < -0.4 is 10.2 Å². The Bertz CT molecular complexity index is 969. The second kappa shape index (κ2) is 7.66. The highest BCUT2D eigenvalue weighted by Gasteiger charge is 2.23. The largest absolute Gasteiger partial charge is 0.370 e. The number of benzene rings is 1. The molecule has 8 nitrogen and oxygen atoms in total. The Morgan fingerprint density at radius 3 is 2.50 bits per heavy atom. The molecule has 0 unspecified atom stereocenters. The molecule has 1 fully saturated rings. The summed E-state index contributed by atoms with van der Waals surface area (Å²) in [4.78, 5) is 17.2. The van der Waals surface area contributed by atoms with Crippen LogP contribution in [0.25, 0.3) is 5.69 Å². The van der Waals surface area contributed by atoms with Crippen LogP contribution in [0.15, 0.2) is 49.2 Å². The quantitative estimate of drug-likeness (QED) is 0.734. The Kier molecular flexibility index (Phi) is 4.91. The number of aromatic nitrogens is 4. The van der Waals surface area contributed by atoms with E-state index in [9.17, 15) is 0 Å². The molecular weight excluding hydrogens is 352 g/mol. The van der Waals surface area contributed by atoms with E-state index >= 15 is 0 Å². The van der Waals surface area contributed by atoms with Crippen molar-refractivity contribution in [3.63, 3.8) is 0 Å². The molecule has 4 rings (SSSR count). The average molecular weight is 374 g/mol. The van der Waals surface area contributed by atoms with Gasteiger partial charge in [-0.05, 0) is 44.8 Å². The monoisotopic (exact) mass is 374 g/mol. The highest BCUT2D eigenvalue weighted by molar-refractivity contribution is 5.54. The number of imidazole rings is 1. The van der Waals surface area contributed by atoms with Gasteiger partial charge in [-0.15, -0.1) is 0 Å². The smallest absolute Gasteiger partial charge is 0.158 e. The zero-order valence-corrected chi connectivity index (χ0v) is 15.9. The van der Waals surface area contributed by atoms with E-state index in [1.54, 1.807) is 6.33 Å². The molecule has 2 aromatic heterocycles. The molecule has 3 heterocycles. The van der Waals surface area contributed by atoms with Gasteiger partial charge >= 0.3 is 0 Å². The van der Waals surface area contributed by atoms with Crippen LogP contribution in [0.4, 0.5) is 17.3 Å². The molecule has 0 aliphatic carbocycles. The molecule has 1 atom stereocenters. The molecule has 0 amide bonds. The van der Waals surface area contributed by atoms with Crippen molar-refractivity contribution in [3.8, 4) is 11.8 Å². The second-order valence-electron chi connectivity index (χ2n) is 7.06. The summed E-state index contributed by atoms with van der Waals surface area (Å²) in [5, 5.41) is 11.9. The lowest BCUT2D eigenvalue weighted by Crippen LogP contribution is -2.31. The molecule has 0 saturated carbocycles. The second-order valence-corrected chi connectivity index (χ2v) is 7.06. The molecule has 1 saturated heterocycles. The molecule has 142 valence electrons. The van der Waals surface area contributed by atoms with Gasteiger partial charge in [0, 0.05) is 30.5 Å². The third-order valence-corrected chi connectivity index (χ3v) is 5.01. The van der Waals surface area contributed by atoms with E-state index in [0.29, 0.717) is 17.7 Å². The number of hydrogen-bond acceptors (Lipinski definition) is 7. The summed E-state index contributed by atoms with van der Waals surface area (Å²) in [6, 6.07) is 11.1. The lowest BCUT2D eigenvalue weighted by molar-refractivity contribution is 0.315. The standard InChI is InChI=1S/C20H22N8/c1-26(2)18-7-8-27(12-18)16-3-5-17(6-4-16)28-13-20(24-14-28)25-19-11-22-15(9-21)10-23-19/h3-6,10-11,13-14,18H,7-8,12H2,1-2H3,(H,23,25)/t18-/m1/s1. The lowest BCUT2D eigenvalue weighted by Gasteiger charge is -2.22. The van der Waals surface area contributed by atoms with Crippen molar-refractivity contribution >= 4 is 17.3 Å². The van der Waals surface area contributed by atoms with Crippen molar-refractivity contribution in [1.29, 1.82) is 5.26 Å². The van der Waals surface area contributed by atoms with Gasteiger partial charge < -0.3 is 19.7 Å². The maximum Gasteiger partial charge on any atom is 0.158 e. The maximum absolute atomic E-state index is 8.78. The number of hydrogen-bond donors (Lipinski definition) is 1. The van der Waals surface area contributed by atoms with Gasteiger partial charge in [0.25, 0.3) is 0 Å². The Labute approximate surface area is 164 Å². The van der Waals surface area contributed by atoms with Crippen LogP contribution >= 0.6 is 0 Å². The third-order valence-electron chi connectivity index (χ3n) is 5.01. The van der Waals surface area contributed by atoms with Crippen LogP contribution in [0.2, 0.25) is 0 Å². The zero-order chi connectivity index (χ0) is 19.5. The number of anilines is 3. The van der Waals surface area contributed by atoms with Gasteiger partial charge in [0.15, 0.2) is 5.69 Å². The summed E-state index contributed by atoms with van der Waals surface area (Å²) in [6.45, 7) is 2.16. The first kappa shape index (κ1) is 17.9. The summed E-state index contributed by atoms with van der Waals surface area (Å²) < 4.78 is 1.95. The summed E-state index contributed by atoms with van der Waals surface area (Å²) in [7, 11) is 4.29. The van der Waals surface area contributed by atoms with Gasteiger partial charge in [0.05, 0.1) is 18.6 Å². The minimum atomic E-state index is 0.283. The molecule has 0 spiro atoms. The molecule has 1 N–H and O–H groups in total. The Balaban J connectivity index is 1.43. The fourth-order valence-corrected chi connectivity index (χ4v) is 3.34. The van der Waals surface area contributed by atoms with Crippen molar-refractivity contribution in [3.05, 3.63) is 54.9 Å². The minimum absolute atomic E-state index is 0.283. The van der Waals surface area contributed by atoms with Crippen molar-refractivity contribution in [2.45, 2.75) is 12.5 Å². The van der Waals surface area contributed by atoms with E-state index in [2.05, 4.69) is 68.4 Å². The normalized spacial score (nSPS) is 16.4. The molecule has 28 heavy (non-hydrogen) atoms. The Hall–Kier alpha value is -3.44. The maximum atomic E-state index is 8.78. The van der Waals surface area contributed by atoms with E-state index in [-0.39, 0.29) is 5.69 Å². The van der Waals surface area contributed by atoms with Gasteiger partial charge in [0.1, 0.15) is 24.0 Å². The number of nitriles is 1. The Morgan fingerprint density at radius 2 is 1.86 bits per heavy atom. The van der Waals surface area contributed by atoms with E-state index < -0.39 is 0 Å². The number of nitrogens with zero attached hydrogens (tertiary/aromatic N) is 7. The Morgan fingerprint density at radius 1 is 1.07 bits per heavy atom. The van der Waals surface area contributed by atoms with Crippen LogP contribution in [0.1, 0.15) is 12.1 Å². The molecular formula is C20H22N8. The summed E-state index contributed by atoms with van der Waals surface area (Å²) >= 11 is 0. The van der Waals surface area contributed by atoms with Gasteiger partial charge in [-0.2, -0.15) is 5.26 Å². The van der Waals surface area contributed by atoms with Gasteiger partial charge in [-0.25, -0.2) is 15.0 Å². The third kappa shape index (κ3) is 3.80. The van der Waals surface area contributed by atoms with Gasteiger partial charge in [-0.1, -0.05) is 0 Å². The van der Waals surface area contributed by atoms with E-state index in [4.69, 9.17) is 5.26 Å². The molecule has 0 bridgehead atoms. The van der Waals surface area contributed by atoms with Crippen LogP contribution in [-0.2, 0) is 0 Å². The first-order valence-electron chi connectivity index (χ1n) is 9.17.